The third-order valence-electron chi connectivity index (χ3n) is 3.64. The van der Waals surface area contributed by atoms with Crippen LogP contribution < -0.4 is 0 Å². The van der Waals surface area contributed by atoms with Crippen molar-refractivity contribution in [3.63, 3.8) is 0 Å². The van der Waals surface area contributed by atoms with Crippen LogP contribution >= 0.6 is 0 Å². The predicted molar refractivity (Wildman–Crippen MR) is 77.8 cm³/mol. The second kappa shape index (κ2) is 7.93. The van der Waals surface area contributed by atoms with E-state index in [1.54, 1.807) is 0 Å². The van der Waals surface area contributed by atoms with Crippen molar-refractivity contribution in [3.8, 4) is 0 Å². The van der Waals surface area contributed by atoms with Gasteiger partial charge in [0, 0.05) is 19.6 Å². The minimum absolute atomic E-state index is 0.456. The number of likely N-dealkylation sites (tertiary alicyclic amines) is 1. The van der Waals surface area contributed by atoms with Crippen LogP contribution in [0.2, 0.25) is 0 Å². The fourth-order valence-electron chi connectivity index (χ4n) is 2.66. The topological polar surface area (TPSA) is 26.7 Å². The molecular weight excluding hydrogens is 224 g/mol. The van der Waals surface area contributed by atoms with E-state index < -0.39 is 5.60 Å². The molecule has 1 saturated heterocycles. The maximum Gasteiger partial charge on any atom is 0.0798 e. The number of allylic oxidation sites excluding steroid dienone is 2. The van der Waals surface area contributed by atoms with Crippen LogP contribution in [0.25, 0.3) is 0 Å². The predicted octanol–water partition coefficient (Wildman–Crippen LogP) is 2.12. The van der Waals surface area contributed by atoms with Crippen LogP contribution in [0, 0.1) is 0 Å². The van der Waals surface area contributed by atoms with Crippen LogP contribution in [-0.2, 0) is 0 Å². The van der Waals surface area contributed by atoms with Gasteiger partial charge in [0.2, 0.25) is 0 Å². The van der Waals surface area contributed by atoms with E-state index >= 15 is 0 Å². The van der Waals surface area contributed by atoms with Gasteiger partial charge in [0.1, 0.15) is 0 Å². The van der Waals surface area contributed by atoms with Crippen molar-refractivity contribution in [1.82, 2.24) is 9.80 Å². The monoisotopic (exact) mass is 254 g/mol. The summed E-state index contributed by atoms with van der Waals surface area (Å²) in [6.45, 7) is 6.22. The molecule has 0 amide bonds. The molecule has 1 fully saturated rings. The molecule has 1 rings (SSSR count). The molecule has 0 bridgehead atoms. The summed E-state index contributed by atoms with van der Waals surface area (Å²) in [5.41, 5.74) is -0.456. The molecule has 0 spiro atoms. The molecule has 0 unspecified atom stereocenters. The van der Waals surface area contributed by atoms with Gasteiger partial charge < -0.3 is 14.9 Å². The van der Waals surface area contributed by atoms with Crippen LogP contribution in [0.5, 0.6) is 0 Å². The lowest BCUT2D eigenvalue weighted by molar-refractivity contribution is -0.0372. The molecule has 0 aromatic heterocycles. The fourth-order valence-corrected chi connectivity index (χ4v) is 2.66. The smallest absolute Gasteiger partial charge is 0.0798 e. The third-order valence-corrected chi connectivity index (χ3v) is 3.64. The average molecular weight is 254 g/mol. The highest BCUT2D eigenvalue weighted by Crippen LogP contribution is 2.22. The summed E-state index contributed by atoms with van der Waals surface area (Å²) in [6.07, 6.45) is 9.92. The summed E-state index contributed by atoms with van der Waals surface area (Å²) < 4.78 is 0. The van der Waals surface area contributed by atoms with Gasteiger partial charge in [-0.05, 0) is 52.7 Å². The molecule has 1 aliphatic rings. The van der Waals surface area contributed by atoms with Crippen LogP contribution in [0.1, 0.15) is 39.0 Å². The van der Waals surface area contributed by atoms with Crippen molar-refractivity contribution in [1.29, 1.82) is 0 Å². The Balaban J connectivity index is 2.17. The molecule has 18 heavy (non-hydrogen) atoms. The minimum atomic E-state index is -0.456. The fraction of sp³-hybridized carbons (Fsp3) is 0.867. The summed E-state index contributed by atoms with van der Waals surface area (Å²) in [7, 11) is 4.06. The van der Waals surface area contributed by atoms with E-state index in [-0.39, 0.29) is 0 Å². The van der Waals surface area contributed by atoms with Gasteiger partial charge in [-0.2, -0.15) is 0 Å². The van der Waals surface area contributed by atoms with Crippen molar-refractivity contribution in [2.75, 3.05) is 40.3 Å². The normalized spacial score (nSPS) is 20.9. The van der Waals surface area contributed by atoms with Crippen molar-refractivity contribution in [2.45, 2.75) is 44.6 Å². The van der Waals surface area contributed by atoms with Crippen molar-refractivity contribution < 1.29 is 5.11 Å². The van der Waals surface area contributed by atoms with E-state index in [0.29, 0.717) is 0 Å². The molecule has 0 atom stereocenters. The Morgan fingerprint density at radius 1 is 1.22 bits per heavy atom. The Morgan fingerprint density at radius 3 is 2.44 bits per heavy atom. The van der Waals surface area contributed by atoms with E-state index in [0.717, 1.165) is 38.9 Å². The molecule has 1 heterocycles. The van der Waals surface area contributed by atoms with Gasteiger partial charge in [0.05, 0.1) is 5.60 Å². The number of piperidine rings is 1. The number of rotatable bonds is 7. The zero-order chi connectivity index (χ0) is 13.4. The zero-order valence-electron chi connectivity index (χ0n) is 12.4. The van der Waals surface area contributed by atoms with Crippen LogP contribution in [0.3, 0.4) is 0 Å². The number of nitrogens with zero attached hydrogens (tertiary/aromatic N) is 2. The second-order valence-corrected chi connectivity index (χ2v) is 5.83. The summed E-state index contributed by atoms with van der Waals surface area (Å²) in [4.78, 5) is 4.58. The van der Waals surface area contributed by atoms with Crippen molar-refractivity contribution >= 4 is 0 Å². The maximum atomic E-state index is 10.4. The van der Waals surface area contributed by atoms with Crippen molar-refractivity contribution in [2.24, 2.45) is 0 Å². The zero-order valence-corrected chi connectivity index (χ0v) is 12.4. The van der Waals surface area contributed by atoms with Gasteiger partial charge in [-0.25, -0.2) is 0 Å². The van der Waals surface area contributed by atoms with Gasteiger partial charge >= 0.3 is 0 Å². The van der Waals surface area contributed by atoms with Gasteiger partial charge in [0.25, 0.3) is 0 Å². The highest BCUT2D eigenvalue weighted by molar-refractivity contribution is 4.88. The first-order valence-corrected chi connectivity index (χ1v) is 7.30. The molecule has 0 aromatic rings. The Hall–Kier alpha value is -0.380. The van der Waals surface area contributed by atoms with Gasteiger partial charge in [0.15, 0.2) is 0 Å². The highest BCUT2D eigenvalue weighted by Gasteiger charge is 2.32. The van der Waals surface area contributed by atoms with E-state index in [9.17, 15) is 5.11 Å². The lowest BCUT2D eigenvalue weighted by Crippen LogP contribution is -2.49. The Labute approximate surface area is 112 Å². The van der Waals surface area contributed by atoms with Crippen molar-refractivity contribution in [3.05, 3.63) is 12.2 Å². The minimum Gasteiger partial charge on any atom is -0.388 e. The molecule has 1 N–H and O–H groups in total. The molecule has 3 nitrogen and oxygen atoms in total. The Bertz CT molecular complexity index is 243. The molecule has 0 aliphatic carbocycles. The summed E-state index contributed by atoms with van der Waals surface area (Å²) in [6, 6.07) is 0. The van der Waals surface area contributed by atoms with Gasteiger partial charge in [-0.3, -0.25) is 0 Å². The maximum absolute atomic E-state index is 10.4. The molecule has 0 saturated carbocycles. The summed E-state index contributed by atoms with van der Waals surface area (Å²) in [5.74, 6) is 0. The quantitative estimate of drug-likeness (QED) is 0.557. The molecule has 3 heteroatoms. The SMILES string of the molecule is CCC=CCCCN1CCC(O)(CN(C)C)CC1. The lowest BCUT2D eigenvalue weighted by atomic mass is 9.91. The molecule has 1 aliphatic heterocycles. The first-order chi connectivity index (χ1) is 8.56. The molecule has 106 valence electrons. The van der Waals surface area contributed by atoms with E-state index in [1.807, 2.05) is 14.1 Å². The number of aliphatic hydroxyl groups is 1. The largest absolute Gasteiger partial charge is 0.388 e. The number of hydrogen-bond acceptors (Lipinski definition) is 3. The van der Waals surface area contributed by atoms with Crippen LogP contribution in [0.15, 0.2) is 12.2 Å². The molecule has 0 aromatic carbocycles. The molecular formula is C15H30N2O. The van der Waals surface area contributed by atoms with Crippen LogP contribution in [0.4, 0.5) is 0 Å². The van der Waals surface area contributed by atoms with E-state index in [1.165, 1.54) is 19.4 Å². The summed E-state index contributed by atoms with van der Waals surface area (Å²) in [5, 5.41) is 10.4. The number of likely N-dealkylation sites (N-methyl/N-ethyl adjacent to an activating group) is 1. The molecule has 0 radical (unpaired) electrons. The first kappa shape index (κ1) is 15.7. The summed E-state index contributed by atoms with van der Waals surface area (Å²) >= 11 is 0. The Kier molecular flexibility index (Phi) is 6.90. The second-order valence-electron chi connectivity index (χ2n) is 5.83. The van der Waals surface area contributed by atoms with E-state index in [4.69, 9.17) is 0 Å². The number of hydrogen-bond donors (Lipinski definition) is 1. The van der Waals surface area contributed by atoms with Crippen LogP contribution in [-0.4, -0.2) is 60.8 Å². The Morgan fingerprint density at radius 2 is 1.89 bits per heavy atom. The standard InChI is InChI=1S/C15H30N2O/c1-4-5-6-7-8-11-17-12-9-15(18,10-13-17)14-16(2)3/h5-6,18H,4,7-14H2,1-3H3. The van der Waals surface area contributed by atoms with Gasteiger partial charge in [-0.1, -0.05) is 19.1 Å². The van der Waals surface area contributed by atoms with E-state index in [2.05, 4.69) is 28.9 Å². The van der Waals surface area contributed by atoms with Gasteiger partial charge in [-0.15, -0.1) is 0 Å². The average Bonchev–Trinajstić information content (AvgIpc) is 2.30. The first-order valence-electron chi connectivity index (χ1n) is 7.30. The highest BCUT2D eigenvalue weighted by atomic mass is 16.3. The number of unbranched alkanes of at least 4 members (excludes halogenated alkanes) is 1. The third kappa shape index (κ3) is 5.98. The lowest BCUT2D eigenvalue weighted by Gasteiger charge is -2.39.